The van der Waals surface area contributed by atoms with Gasteiger partial charge in [0, 0.05) is 17.6 Å². The van der Waals surface area contributed by atoms with Crippen LogP contribution in [0, 0.1) is 19.8 Å². The van der Waals surface area contributed by atoms with Crippen molar-refractivity contribution in [2.45, 2.75) is 60.0 Å². The topological polar surface area (TPSA) is 25.2 Å². The average molecular weight is 223 g/mol. The van der Waals surface area contributed by atoms with E-state index in [1.807, 2.05) is 13.8 Å². The van der Waals surface area contributed by atoms with Crippen molar-refractivity contribution in [3.63, 3.8) is 0 Å². The van der Waals surface area contributed by atoms with Crippen LogP contribution in [0.15, 0.2) is 10.5 Å². The van der Waals surface area contributed by atoms with Gasteiger partial charge in [0.1, 0.15) is 11.5 Å². The highest BCUT2D eigenvalue weighted by Gasteiger charge is 2.17. The van der Waals surface area contributed by atoms with Crippen LogP contribution in [-0.2, 0) is 0 Å². The summed E-state index contributed by atoms with van der Waals surface area (Å²) in [4.78, 5) is 0. The number of rotatable bonds is 5. The molecule has 2 atom stereocenters. The van der Waals surface area contributed by atoms with Gasteiger partial charge in [-0.3, -0.25) is 0 Å². The number of furan rings is 1. The fourth-order valence-electron chi connectivity index (χ4n) is 2.27. The van der Waals surface area contributed by atoms with Crippen LogP contribution in [0.25, 0.3) is 0 Å². The Morgan fingerprint density at radius 1 is 1.25 bits per heavy atom. The second-order valence-electron chi connectivity index (χ2n) is 5.02. The first-order valence-corrected chi connectivity index (χ1v) is 6.28. The summed E-state index contributed by atoms with van der Waals surface area (Å²) in [7, 11) is 0. The molecule has 0 aliphatic rings. The molecule has 1 aromatic heterocycles. The van der Waals surface area contributed by atoms with Crippen molar-refractivity contribution in [1.29, 1.82) is 0 Å². The Bertz CT molecular complexity index is 327. The Hall–Kier alpha value is -0.760. The van der Waals surface area contributed by atoms with Crippen molar-refractivity contribution in [2.75, 3.05) is 0 Å². The van der Waals surface area contributed by atoms with Crippen molar-refractivity contribution in [1.82, 2.24) is 5.32 Å². The molecule has 0 amide bonds. The summed E-state index contributed by atoms with van der Waals surface area (Å²) in [5, 5.41) is 3.68. The Morgan fingerprint density at radius 2 is 1.88 bits per heavy atom. The van der Waals surface area contributed by atoms with Gasteiger partial charge in [0.2, 0.25) is 0 Å². The maximum Gasteiger partial charge on any atom is 0.105 e. The van der Waals surface area contributed by atoms with E-state index in [-0.39, 0.29) is 0 Å². The zero-order valence-electron chi connectivity index (χ0n) is 11.4. The number of hydrogen-bond acceptors (Lipinski definition) is 2. The van der Waals surface area contributed by atoms with Gasteiger partial charge in [-0.05, 0) is 39.2 Å². The third kappa shape index (κ3) is 3.11. The van der Waals surface area contributed by atoms with Gasteiger partial charge in [-0.25, -0.2) is 0 Å². The molecule has 0 bridgehead atoms. The molecule has 1 rings (SSSR count). The molecule has 0 fully saturated rings. The van der Waals surface area contributed by atoms with Crippen LogP contribution in [0.1, 0.15) is 57.2 Å². The van der Waals surface area contributed by atoms with Crippen LogP contribution in [0.5, 0.6) is 0 Å². The maximum atomic E-state index is 5.57. The summed E-state index contributed by atoms with van der Waals surface area (Å²) >= 11 is 0. The average Bonchev–Trinajstić information content (AvgIpc) is 2.53. The van der Waals surface area contributed by atoms with E-state index < -0.39 is 0 Å². The van der Waals surface area contributed by atoms with Crippen LogP contribution in [0.3, 0.4) is 0 Å². The third-order valence-electron chi connectivity index (χ3n) is 3.25. The first-order chi connectivity index (χ1) is 7.45. The molecule has 1 aromatic rings. The molecule has 0 spiro atoms. The fourth-order valence-corrected chi connectivity index (χ4v) is 2.27. The predicted octanol–water partition coefficient (Wildman–Crippen LogP) is 3.98. The smallest absolute Gasteiger partial charge is 0.105 e. The van der Waals surface area contributed by atoms with E-state index in [0.717, 1.165) is 17.9 Å². The molecular formula is C14H25NO. The standard InChI is InChI=1S/C14H25NO/c1-7-14(9(2)3)15-11(5)13-8-10(4)16-12(13)6/h8-9,11,14-15H,7H2,1-6H3. The summed E-state index contributed by atoms with van der Waals surface area (Å²) in [6.07, 6.45) is 1.16. The van der Waals surface area contributed by atoms with Gasteiger partial charge in [0.25, 0.3) is 0 Å². The van der Waals surface area contributed by atoms with Crippen molar-refractivity contribution in [3.8, 4) is 0 Å². The van der Waals surface area contributed by atoms with Gasteiger partial charge >= 0.3 is 0 Å². The lowest BCUT2D eigenvalue weighted by atomic mass is 9.99. The van der Waals surface area contributed by atoms with E-state index in [1.165, 1.54) is 5.56 Å². The molecule has 0 aromatic carbocycles. The van der Waals surface area contributed by atoms with E-state index in [9.17, 15) is 0 Å². The Kier molecular flexibility index (Phi) is 4.60. The molecule has 92 valence electrons. The quantitative estimate of drug-likeness (QED) is 0.816. The summed E-state index contributed by atoms with van der Waals surface area (Å²) in [5.41, 5.74) is 1.29. The second-order valence-corrected chi connectivity index (χ2v) is 5.02. The highest BCUT2D eigenvalue weighted by Crippen LogP contribution is 2.22. The highest BCUT2D eigenvalue weighted by atomic mass is 16.3. The lowest BCUT2D eigenvalue weighted by molar-refractivity contribution is 0.353. The Labute approximate surface area is 99.4 Å². The van der Waals surface area contributed by atoms with E-state index in [1.54, 1.807) is 0 Å². The van der Waals surface area contributed by atoms with Crippen LogP contribution in [-0.4, -0.2) is 6.04 Å². The van der Waals surface area contributed by atoms with E-state index in [0.29, 0.717) is 18.0 Å². The zero-order chi connectivity index (χ0) is 12.3. The summed E-state index contributed by atoms with van der Waals surface area (Å²) in [6, 6.07) is 3.08. The zero-order valence-corrected chi connectivity index (χ0v) is 11.4. The highest BCUT2D eigenvalue weighted by molar-refractivity contribution is 5.23. The molecule has 2 heteroatoms. The molecule has 16 heavy (non-hydrogen) atoms. The molecular weight excluding hydrogens is 198 g/mol. The summed E-state index contributed by atoms with van der Waals surface area (Å²) in [5.74, 6) is 2.70. The predicted molar refractivity (Wildman–Crippen MR) is 68.6 cm³/mol. The van der Waals surface area contributed by atoms with E-state index >= 15 is 0 Å². The lowest BCUT2D eigenvalue weighted by Gasteiger charge is -2.25. The van der Waals surface area contributed by atoms with Crippen LogP contribution >= 0.6 is 0 Å². The first kappa shape index (κ1) is 13.3. The van der Waals surface area contributed by atoms with Gasteiger partial charge in [0.15, 0.2) is 0 Å². The van der Waals surface area contributed by atoms with Gasteiger partial charge in [0.05, 0.1) is 0 Å². The Morgan fingerprint density at radius 3 is 2.25 bits per heavy atom. The van der Waals surface area contributed by atoms with Crippen molar-refractivity contribution in [3.05, 3.63) is 23.2 Å². The molecule has 0 aliphatic carbocycles. The summed E-state index contributed by atoms with van der Waals surface area (Å²) < 4.78 is 5.57. The van der Waals surface area contributed by atoms with E-state index in [4.69, 9.17) is 4.42 Å². The van der Waals surface area contributed by atoms with Crippen LogP contribution in [0.4, 0.5) is 0 Å². The van der Waals surface area contributed by atoms with Crippen LogP contribution in [0.2, 0.25) is 0 Å². The normalized spacial score (nSPS) is 15.4. The lowest BCUT2D eigenvalue weighted by Crippen LogP contribution is -2.35. The molecule has 1 N–H and O–H groups in total. The Balaban J connectivity index is 2.71. The van der Waals surface area contributed by atoms with Crippen molar-refractivity contribution < 1.29 is 4.42 Å². The molecule has 1 heterocycles. The van der Waals surface area contributed by atoms with Gasteiger partial charge in [-0.1, -0.05) is 20.8 Å². The minimum atomic E-state index is 0.366. The largest absolute Gasteiger partial charge is 0.466 e. The molecule has 0 aliphatic heterocycles. The van der Waals surface area contributed by atoms with Crippen molar-refractivity contribution in [2.24, 2.45) is 5.92 Å². The van der Waals surface area contributed by atoms with Gasteiger partial charge in [-0.2, -0.15) is 0 Å². The fraction of sp³-hybridized carbons (Fsp3) is 0.714. The van der Waals surface area contributed by atoms with Gasteiger partial charge < -0.3 is 9.73 Å². The third-order valence-corrected chi connectivity index (χ3v) is 3.25. The second kappa shape index (κ2) is 5.53. The summed E-state index contributed by atoms with van der Waals surface area (Å²) in [6.45, 7) is 13.0. The molecule has 0 saturated heterocycles. The minimum Gasteiger partial charge on any atom is -0.466 e. The molecule has 2 unspecified atom stereocenters. The van der Waals surface area contributed by atoms with Crippen molar-refractivity contribution >= 4 is 0 Å². The number of nitrogens with one attached hydrogen (secondary N) is 1. The molecule has 0 radical (unpaired) electrons. The minimum absolute atomic E-state index is 0.366. The van der Waals surface area contributed by atoms with E-state index in [2.05, 4.69) is 39.1 Å². The van der Waals surface area contributed by atoms with Crippen LogP contribution < -0.4 is 5.32 Å². The SMILES string of the molecule is CCC(NC(C)c1cc(C)oc1C)C(C)C. The molecule has 2 nitrogen and oxygen atoms in total. The monoisotopic (exact) mass is 223 g/mol. The number of aryl methyl sites for hydroxylation is 2. The first-order valence-electron chi connectivity index (χ1n) is 6.28. The number of hydrogen-bond donors (Lipinski definition) is 1. The molecule has 0 saturated carbocycles. The van der Waals surface area contributed by atoms with Gasteiger partial charge in [-0.15, -0.1) is 0 Å². The maximum absolute atomic E-state index is 5.57.